The second-order valence-corrected chi connectivity index (χ2v) is 7.90. The van der Waals surface area contributed by atoms with E-state index in [1.54, 1.807) is 30.3 Å². The number of ketones is 2. The molecule has 0 aromatic heterocycles. The predicted octanol–water partition coefficient (Wildman–Crippen LogP) is 2.62. The Morgan fingerprint density at radius 3 is 2.00 bits per heavy atom. The lowest BCUT2D eigenvalue weighted by molar-refractivity contribution is 0.0980. The normalized spacial score (nSPS) is 13.0. The van der Waals surface area contributed by atoms with Gasteiger partial charge in [0.2, 0.25) is 0 Å². The first-order valence-electron chi connectivity index (χ1n) is 8.43. The van der Waals surface area contributed by atoms with Crippen LogP contribution in [0.5, 0.6) is 0 Å². The molecule has 4 rings (SSSR count). The molecule has 0 unspecified atom stereocenters. The number of benzene rings is 3. The van der Waals surface area contributed by atoms with Crippen LogP contribution in [0.3, 0.4) is 0 Å². The molecule has 0 heterocycles. The molecule has 0 radical (unpaired) electrons. The van der Waals surface area contributed by atoms with Gasteiger partial charge in [-0.15, -0.1) is 0 Å². The highest BCUT2D eigenvalue weighted by Gasteiger charge is 2.33. The van der Waals surface area contributed by atoms with Crippen molar-refractivity contribution in [3.8, 4) is 0 Å². The van der Waals surface area contributed by atoms with E-state index in [-0.39, 0.29) is 45.2 Å². The first-order valence-corrected chi connectivity index (χ1v) is 9.87. The standard InChI is InChI=1S/C20H15N3O5S/c21-13-6-7-15(23-10-5-8-16(14(22)9-10)29(26,27)28)18-17(13)19(24)11-3-1-2-4-12(11)20(18)25/h1-9,23H,21-22H2,(H,26,27,28). The van der Waals surface area contributed by atoms with Crippen LogP contribution >= 0.6 is 0 Å². The van der Waals surface area contributed by atoms with Crippen molar-refractivity contribution < 1.29 is 22.6 Å². The third-order valence-corrected chi connectivity index (χ3v) is 5.60. The molecule has 146 valence electrons. The van der Waals surface area contributed by atoms with Crippen molar-refractivity contribution in [3.05, 3.63) is 76.9 Å². The number of hydrogen-bond acceptors (Lipinski definition) is 7. The summed E-state index contributed by atoms with van der Waals surface area (Å²) in [6.45, 7) is 0. The summed E-state index contributed by atoms with van der Waals surface area (Å²) in [5.41, 5.74) is 13.2. The molecule has 0 atom stereocenters. The van der Waals surface area contributed by atoms with Crippen LogP contribution < -0.4 is 16.8 Å². The summed E-state index contributed by atoms with van der Waals surface area (Å²) in [6, 6.07) is 13.4. The lowest BCUT2D eigenvalue weighted by Crippen LogP contribution is -2.23. The van der Waals surface area contributed by atoms with E-state index in [9.17, 15) is 22.6 Å². The van der Waals surface area contributed by atoms with E-state index in [1.807, 2.05) is 0 Å². The fourth-order valence-electron chi connectivity index (χ4n) is 3.37. The van der Waals surface area contributed by atoms with Crippen LogP contribution in [-0.2, 0) is 10.1 Å². The van der Waals surface area contributed by atoms with E-state index in [0.29, 0.717) is 11.4 Å². The Kier molecular flexibility index (Phi) is 4.14. The van der Waals surface area contributed by atoms with Gasteiger partial charge in [0, 0.05) is 22.5 Å². The number of rotatable bonds is 3. The average molecular weight is 409 g/mol. The minimum Gasteiger partial charge on any atom is -0.398 e. The van der Waals surface area contributed by atoms with Crippen molar-refractivity contribution >= 4 is 44.4 Å². The second kappa shape index (κ2) is 6.43. The number of hydrogen-bond donors (Lipinski definition) is 4. The zero-order valence-electron chi connectivity index (χ0n) is 14.8. The van der Waals surface area contributed by atoms with Gasteiger partial charge in [0.05, 0.1) is 22.5 Å². The Bertz CT molecular complexity index is 1320. The highest BCUT2D eigenvalue weighted by Crippen LogP contribution is 2.37. The van der Waals surface area contributed by atoms with Gasteiger partial charge in [-0.2, -0.15) is 8.42 Å². The van der Waals surface area contributed by atoms with Crippen molar-refractivity contribution in [3.63, 3.8) is 0 Å². The summed E-state index contributed by atoms with van der Waals surface area (Å²) in [6.07, 6.45) is 0. The first kappa shape index (κ1) is 18.7. The summed E-state index contributed by atoms with van der Waals surface area (Å²) in [7, 11) is -4.46. The molecule has 0 amide bonds. The molecular formula is C20H15N3O5S. The molecular weight excluding hydrogens is 394 g/mol. The van der Waals surface area contributed by atoms with Crippen molar-refractivity contribution in [2.75, 3.05) is 16.8 Å². The van der Waals surface area contributed by atoms with Crippen LogP contribution in [0, 0.1) is 0 Å². The quantitative estimate of drug-likeness (QED) is 0.297. The molecule has 0 saturated carbocycles. The van der Waals surface area contributed by atoms with Gasteiger partial charge >= 0.3 is 0 Å². The monoisotopic (exact) mass is 409 g/mol. The molecule has 1 aliphatic rings. The van der Waals surface area contributed by atoms with Crippen LogP contribution in [0.1, 0.15) is 31.8 Å². The van der Waals surface area contributed by atoms with Crippen LogP contribution in [0.2, 0.25) is 0 Å². The van der Waals surface area contributed by atoms with E-state index in [1.165, 1.54) is 18.2 Å². The third kappa shape index (κ3) is 3.02. The molecule has 1 aliphatic carbocycles. The van der Waals surface area contributed by atoms with Crippen LogP contribution in [0.25, 0.3) is 0 Å². The highest BCUT2D eigenvalue weighted by atomic mass is 32.2. The average Bonchev–Trinajstić information content (AvgIpc) is 2.66. The Balaban J connectivity index is 1.83. The first-order chi connectivity index (χ1) is 13.7. The van der Waals surface area contributed by atoms with Crippen molar-refractivity contribution in [2.24, 2.45) is 0 Å². The number of nitrogen functional groups attached to an aromatic ring is 2. The zero-order valence-corrected chi connectivity index (χ0v) is 15.7. The van der Waals surface area contributed by atoms with E-state index >= 15 is 0 Å². The number of carbonyl (C=O) groups excluding carboxylic acids is 2. The van der Waals surface area contributed by atoms with Gasteiger partial charge < -0.3 is 16.8 Å². The number of anilines is 4. The Labute approximate surface area is 165 Å². The lowest BCUT2D eigenvalue weighted by atomic mass is 9.82. The van der Waals surface area contributed by atoms with Gasteiger partial charge in [0.1, 0.15) is 4.90 Å². The third-order valence-electron chi connectivity index (χ3n) is 4.67. The van der Waals surface area contributed by atoms with Crippen molar-refractivity contribution in [1.82, 2.24) is 0 Å². The molecule has 9 heteroatoms. The molecule has 0 saturated heterocycles. The molecule has 3 aromatic carbocycles. The molecule has 0 spiro atoms. The number of nitrogens with one attached hydrogen (secondary N) is 1. The van der Waals surface area contributed by atoms with Crippen LogP contribution in [-0.4, -0.2) is 24.5 Å². The maximum atomic E-state index is 13.1. The van der Waals surface area contributed by atoms with Crippen molar-refractivity contribution in [2.45, 2.75) is 4.90 Å². The summed E-state index contributed by atoms with van der Waals surface area (Å²) in [4.78, 5) is 25.6. The fourth-order valence-corrected chi connectivity index (χ4v) is 3.97. The molecule has 0 aliphatic heterocycles. The summed E-state index contributed by atoms with van der Waals surface area (Å²) < 4.78 is 31.8. The Morgan fingerprint density at radius 2 is 1.41 bits per heavy atom. The zero-order chi connectivity index (χ0) is 20.9. The SMILES string of the molecule is Nc1cc(Nc2ccc(N)c3c2C(=O)c2ccccc2C3=O)ccc1S(=O)(=O)O. The maximum absolute atomic E-state index is 13.1. The van der Waals surface area contributed by atoms with Gasteiger partial charge in [0.25, 0.3) is 10.1 Å². The second-order valence-electron chi connectivity index (χ2n) is 6.51. The van der Waals surface area contributed by atoms with E-state index in [0.717, 1.165) is 6.07 Å². The summed E-state index contributed by atoms with van der Waals surface area (Å²) >= 11 is 0. The minimum atomic E-state index is -4.46. The molecule has 0 fully saturated rings. The number of fused-ring (bicyclic) bond motifs is 2. The smallest absolute Gasteiger partial charge is 0.296 e. The van der Waals surface area contributed by atoms with Crippen molar-refractivity contribution in [1.29, 1.82) is 0 Å². The Morgan fingerprint density at radius 1 is 0.793 bits per heavy atom. The largest absolute Gasteiger partial charge is 0.398 e. The van der Waals surface area contributed by atoms with Gasteiger partial charge in [-0.1, -0.05) is 24.3 Å². The predicted molar refractivity (Wildman–Crippen MR) is 108 cm³/mol. The van der Waals surface area contributed by atoms with Gasteiger partial charge in [0.15, 0.2) is 11.6 Å². The fraction of sp³-hybridized carbons (Fsp3) is 0. The minimum absolute atomic E-state index is 0.112. The topological polar surface area (TPSA) is 153 Å². The molecule has 0 bridgehead atoms. The lowest BCUT2D eigenvalue weighted by Gasteiger charge is -2.22. The molecule has 6 N–H and O–H groups in total. The van der Waals surface area contributed by atoms with E-state index in [4.69, 9.17) is 11.5 Å². The number of carbonyl (C=O) groups is 2. The maximum Gasteiger partial charge on any atom is 0.296 e. The summed E-state index contributed by atoms with van der Waals surface area (Å²) in [5, 5.41) is 2.98. The highest BCUT2D eigenvalue weighted by molar-refractivity contribution is 7.86. The van der Waals surface area contributed by atoms with Gasteiger partial charge in [-0.05, 0) is 30.3 Å². The molecule has 8 nitrogen and oxygen atoms in total. The number of nitrogens with two attached hydrogens (primary N) is 2. The Hall–Kier alpha value is -3.69. The van der Waals surface area contributed by atoms with E-state index in [2.05, 4.69) is 5.32 Å². The molecule has 3 aromatic rings. The van der Waals surface area contributed by atoms with Gasteiger partial charge in [-0.3, -0.25) is 14.1 Å². The van der Waals surface area contributed by atoms with E-state index < -0.39 is 15.0 Å². The van der Waals surface area contributed by atoms with Crippen LogP contribution in [0.15, 0.2) is 59.5 Å². The van der Waals surface area contributed by atoms with Crippen LogP contribution in [0.4, 0.5) is 22.7 Å². The summed E-state index contributed by atoms with van der Waals surface area (Å²) in [5.74, 6) is -0.704. The molecule has 29 heavy (non-hydrogen) atoms. The van der Waals surface area contributed by atoms with Gasteiger partial charge in [-0.25, -0.2) is 0 Å².